The van der Waals surface area contributed by atoms with Crippen molar-refractivity contribution < 1.29 is 29.6 Å². The van der Waals surface area contributed by atoms with Crippen molar-refractivity contribution in [1.29, 1.82) is 0 Å². The van der Waals surface area contributed by atoms with Crippen molar-refractivity contribution in [2.75, 3.05) is 5.75 Å². The van der Waals surface area contributed by atoms with E-state index in [1.807, 2.05) is 19.1 Å². The summed E-state index contributed by atoms with van der Waals surface area (Å²) in [6.45, 7) is 4.01. The minimum Gasteiger partial charge on any atom is -0.481 e. The highest BCUT2D eigenvalue weighted by molar-refractivity contribution is 8.03. The van der Waals surface area contributed by atoms with Crippen LogP contribution < -0.4 is 0 Å². The molecular formula is C23H38O6S. The molecule has 172 valence electrons. The molecule has 3 N–H and O–H groups in total. The number of esters is 1. The van der Waals surface area contributed by atoms with Gasteiger partial charge in [-0.25, -0.2) is 0 Å². The molecule has 0 fully saturated rings. The second kappa shape index (κ2) is 15.5. The van der Waals surface area contributed by atoms with Gasteiger partial charge in [0.1, 0.15) is 5.76 Å². The number of carboxylic acids is 1. The van der Waals surface area contributed by atoms with Gasteiger partial charge in [0.2, 0.25) is 0 Å². The molecule has 7 heteroatoms. The van der Waals surface area contributed by atoms with Crippen LogP contribution in [-0.2, 0) is 14.3 Å². The van der Waals surface area contributed by atoms with Crippen LogP contribution in [-0.4, -0.2) is 45.2 Å². The summed E-state index contributed by atoms with van der Waals surface area (Å²) in [4.78, 5) is 23.5. The standard InChI is InChI=1S/C23H38O6S/c1-3-5-11-17(24)12-9-13-18-19(25)16-20(29-22(28)10-4-2)23(18)30-15-8-6-7-14-21(26)27/h9,13,17-19,24-25H,3-8,10-12,14-16H2,1-2H3,(H,26,27)/b13-9+/t17-,18-,19+/m0/s1. The Labute approximate surface area is 184 Å². The Morgan fingerprint density at radius 1 is 1.17 bits per heavy atom. The monoisotopic (exact) mass is 442 g/mol. The van der Waals surface area contributed by atoms with Gasteiger partial charge in [0, 0.05) is 30.1 Å². The lowest BCUT2D eigenvalue weighted by molar-refractivity contribution is -0.140. The van der Waals surface area contributed by atoms with Crippen LogP contribution in [0.5, 0.6) is 0 Å². The zero-order valence-corrected chi connectivity index (χ0v) is 19.2. The Bertz CT molecular complexity index is 586. The molecule has 0 aliphatic heterocycles. The van der Waals surface area contributed by atoms with Gasteiger partial charge in [-0.1, -0.05) is 45.3 Å². The zero-order chi connectivity index (χ0) is 22.4. The molecule has 1 rings (SSSR count). The largest absolute Gasteiger partial charge is 0.481 e. The highest BCUT2D eigenvalue weighted by Crippen LogP contribution is 2.41. The lowest BCUT2D eigenvalue weighted by Gasteiger charge is -2.15. The molecule has 0 unspecified atom stereocenters. The lowest BCUT2D eigenvalue weighted by Crippen LogP contribution is -2.14. The fourth-order valence-electron chi connectivity index (χ4n) is 3.33. The van der Waals surface area contributed by atoms with Crippen LogP contribution in [0.25, 0.3) is 0 Å². The van der Waals surface area contributed by atoms with E-state index in [4.69, 9.17) is 9.84 Å². The van der Waals surface area contributed by atoms with Crippen LogP contribution in [0.2, 0.25) is 0 Å². The first-order chi connectivity index (χ1) is 14.4. The van der Waals surface area contributed by atoms with Crippen LogP contribution in [0, 0.1) is 5.92 Å². The van der Waals surface area contributed by atoms with Crippen molar-refractivity contribution in [3.63, 3.8) is 0 Å². The number of carbonyl (C=O) groups excluding carboxylic acids is 1. The molecule has 0 saturated heterocycles. The normalized spacial score (nSPS) is 20.1. The Hall–Kier alpha value is -1.31. The van der Waals surface area contributed by atoms with E-state index in [-0.39, 0.29) is 24.4 Å². The Balaban J connectivity index is 2.72. The van der Waals surface area contributed by atoms with Gasteiger partial charge in [-0.15, -0.1) is 11.8 Å². The third-order valence-electron chi connectivity index (χ3n) is 5.01. The van der Waals surface area contributed by atoms with Crippen LogP contribution in [0.15, 0.2) is 22.8 Å². The average Bonchev–Trinajstić information content (AvgIpc) is 2.97. The number of unbranched alkanes of at least 4 members (excludes halogenated alkanes) is 3. The summed E-state index contributed by atoms with van der Waals surface area (Å²) in [5, 5.41) is 29.3. The molecule has 0 saturated carbocycles. The van der Waals surface area contributed by atoms with Gasteiger partial charge in [-0.3, -0.25) is 9.59 Å². The molecule has 3 atom stereocenters. The van der Waals surface area contributed by atoms with Crippen molar-refractivity contribution in [1.82, 2.24) is 0 Å². The van der Waals surface area contributed by atoms with Gasteiger partial charge >= 0.3 is 11.9 Å². The molecule has 0 spiro atoms. The topological polar surface area (TPSA) is 104 Å². The summed E-state index contributed by atoms with van der Waals surface area (Å²) in [6, 6.07) is 0. The van der Waals surface area contributed by atoms with Crippen molar-refractivity contribution in [3.05, 3.63) is 22.8 Å². The number of carboxylic acid groups (broad SMARTS) is 1. The molecule has 0 radical (unpaired) electrons. The number of hydrogen-bond acceptors (Lipinski definition) is 6. The molecule has 1 aliphatic carbocycles. The molecule has 0 aromatic rings. The molecule has 6 nitrogen and oxygen atoms in total. The van der Waals surface area contributed by atoms with Gasteiger partial charge in [-0.05, 0) is 37.9 Å². The highest BCUT2D eigenvalue weighted by atomic mass is 32.2. The number of aliphatic hydroxyl groups is 2. The third kappa shape index (κ3) is 10.6. The Morgan fingerprint density at radius 2 is 1.93 bits per heavy atom. The van der Waals surface area contributed by atoms with Gasteiger partial charge < -0.3 is 20.1 Å². The maximum absolute atomic E-state index is 12.0. The van der Waals surface area contributed by atoms with Crippen molar-refractivity contribution >= 4 is 23.7 Å². The molecule has 0 heterocycles. The number of ether oxygens (including phenoxy) is 1. The van der Waals surface area contributed by atoms with Crippen LogP contribution in [0.3, 0.4) is 0 Å². The van der Waals surface area contributed by atoms with Crippen LogP contribution in [0.1, 0.15) is 84.5 Å². The summed E-state index contributed by atoms with van der Waals surface area (Å²) in [6.07, 6.45) is 10.0. The van der Waals surface area contributed by atoms with E-state index in [9.17, 15) is 19.8 Å². The van der Waals surface area contributed by atoms with E-state index in [1.54, 1.807) is 11.8 Å². The number of carbonyl (C=O) groups is 2. The first-order valence-corrected chi connectivity index (χ1v) is 12.2. The summed E-state index contributed by atoms with van der Waals surface area (Å²) >= 11 is 1.58. The lowest BCUT2D eigenvalue weighted by atomic mass is 10.0. The van der Waals surface area contributed by atoms with E-state index in [0.29, 0.717) is 37.9 Å². The van der Waals surface area contributed by atoms with Gasteiger partial charge in [-0.2, -0.15) is 0 Å². The minimum absolute atomic E-state index is 0.178. The second-order valence-electron chi connectivity index (χ2n) is 7.82. The van der Waals surface area contributed by atoms with Gasteiger partial charge in [0.25, 0.3) is 0 Å². The SMILES string of the molecule is CCCC[C@H](O)C/C=C/[C@@H]1C(SCCCCCC(=O)O)=C(OC(=O)CCC)C[C@H]1O. The first-order valence-electron chi connectivity index (χ1n) is 11.2. The van der Waals surface area contributed by atoms with E-state index in [0.717, 1.165) is 42.8 Å². The minimum atomic E-state index is -0.777. The maximum atomic E-state index is 12.0. The molecule has 0 aromatic carbocycles. The summed E-state index contributed by atoms with van der Waals surface area (Å²) in [5.74, 6) is 0.0362. The predicted molar refractivity (Wildman–Crippen MR) is 120 cm³/mol. The van der Waals surface area contributed by atoms with Crippen LogP contribution in [0.4, 0.5) is 0 Å². The Morgan fingerprint density at radius 3 is 2.60 bits per heavy atom. The smallest absolute Gasteiger partial charge is 0.310 e. The molecule has 0 bridgehead atoms. The maximum Gasteiger partial charge on any atom is 0.310 e. The van der Waals surface area contributed by atoms with Gasteiger partial charge in [0.05, 0.1) is 12.2 Å². The highest BCUT2D eigenvalue weighted by Gasteiger charge is 2.34. The molecule has 0 aromatic heterocycles. The molecule has 30 heavy (non-hydrogen) atoms. The van der Waals surface area contributed by atoms with Crippen molar-refractivity contribution in [2.45, 2.75) is 96.7 Å². The van der Waals surface area contributed by atoms with Crippen molar-refractivity contribution in [2.24, 2.45) is 5.92 Å². The fraction of sp³-hybridized carbons (Fsp3) is 0.739. The number of thioether (sulfide) groups is 1. The summed E-state index contributed by atoms with van der Waals surface area (Å²) in [5.41, 5.74) is 0. The fourth-order valence-corrected chi connectivity index (χ4v) is 4.61. The average molecular weight is 443 g/mol. The second-order valence-corrected chi connectivity index (χ2v) is 8.96. The molecule has 0 amide bonds. The summed E-state index contributed by atoms with van der Waals surface area (Å²) in [7, 11) is 0. The molecular weight excluding hydrogens is 404 g/mol. The van der Waals surface area contributed by atoms with Gasteiger partial charge in [0.15, 0.2) is 0 Å². The number of rotatable bonds is 16. The predicted octanol–water partition coefficient (Wildman–Crippen LogP) is 4.80. The van der Waals surface area contributed by atoms with E-state index >= 15 is 0 Å². The Kier molecular flexibility index (Phi) is 13.8. The first kappa shape index (κ1) is 26.7. The number of aliphatic carboxylic acids is 1. The van der Waals surface area contributed by atoms with Crippen molar-refractivity contribution in [3.8, 4) is 0 Å². The quantitative estimate of drug-likeness (QED) is 0.179. The van der Waals surface area contributed by atoms with E-state index in [1.165, 1.54) is 0 Å². The summed E-state index contributed by atoms with van der Waals surface area (Å²) < 4.78 is 5.55. The van der Waals surface area contributed by atoms with E-state index < -0.39 is 12.1 Å². The number of hydrogen-bond donors (Lipinski definition) is 3. The van der Waals surface area contributed by atoms with E-state index in [2.05, 4.69) is 6.92 Å². The number of aliphatic hydroxyl groups excluding tert-OH is 2. The third-order valence-corrected chi connectivity index (χ3v) is 6.32. The molecule has 1 aliphatic rings. The van der Waals surface area contributed by atoms with Crippen LogP contribution >= 0.6 is 11.8 Å². The zero-order valence-electron chi connectivity index (χ0n) is 18.3.